The summed E-state index contributed by atoms with van der Waals surface area (Å²) in [4.78, 5) is 0. The normalized spacial score (nSPS) is 14.6. The molecule has 0 aromatic rings. The second kappa shape index (κ2) is 11.4. The van der Waals surface area contributed by atoms with Gasteiger partial charge in [-0.1, -0.05) is 54.4 Å². The van der Waals surface area contributed by atoms with E-state index < -0.39 is 0 Å². The minimum absolute atomic E-state index is 0.0833. The zero-order valence-electron chi connectivity index (χ0n) is 12.0. The van der Waals surface area contributed by atoms with E-state index in [9.17, 15) is 0 Å². The van der Waals surface area contributed by atoms with Crippen LogP contribution in [0, 0.1) is 11.8 Å². The fraction of sp³-hybridized carbons (Fsp3) is 1.00. The highest BCUT2D eigenvalue weighted by atomic mass is 16.3. The molecule has 0 rings (SSSR count). The van der Waals surface area contributed by atoms with Crippen molar-refractivity contribution in [3.05, 3.63) is 0 Å². The lowest BCUT2D eigenvalue weighted by Gasteiger charge is -2.11. The Labute approximate surface area is 102 Å². The molecule has 0 saturated heterocycles. The molecule has 0 amide bonds. The van der Waals surface area contributed by atoms with Crippen LogP contribution in [-0.2, 0) is 0 Å². The predicted octanol–water partition coefficient (Wildman–Crippen LogP) is 3.61. The monoisotopic (exact) mass is 232 g/mol. The first-order valence-corrected chi connectivity index (χ1v) is 6.72. The molecular weight excluding hydrogens is 200 g/mol. The number of hydrogen-bond donors (Lipinski definition) is 2. The summed E-state index contributed by atoms with van der Waals surface area (Å²) in [6.07, 6.45) is 3.88. The molecule has 0 heterocycles. The van der Waals surface area contributed by atoms with Crippen LogP contribution in [0.5, 0.6) is 0 Å². The van der Waals surface area contributed by atoms with Gasteiger partial charge in [-0.3, -0.25) is 0 Å². The van der Waals surface area contributed by atoms with E-state index in [0.29, 0.717) is 11.8 Å². The molecule has 0 aromatic carbocycles. The van der Waals surface area contributed by atoms with E-state index in [1.165, 1.54) is 0 Å². The Morgan fingerprint density at radius 1 is 0.688 bits per heavy atom. The summed E-state index contributed by atoms with van der Waals surface area (Å²) >= 11 is 0. The smallest absolute Gasteiger partial charge is 0.0563 e. The number of rotatable bonds is 6. The summed E-state index contributed by atoms with van der Waals surface area (Å²) in [5.41, 5.74) is 0. The highest BCUT2D eigenvalue weighted by Gasteiger charge is 2.06. The van der Waals surface area contributed by atoms with Crippen LogP contribution in [0.25, 0.3) is 0 Å². The van der Waals surface area contributed by atoms with Crippen LogP contribution in [0.2, 0.25) is 0 Å². The number of aliphatic hydroxyl groups excluding tert-OH is 2. The van der Waals surface area contributed by atoms with E-state index in [2.05, 4.69) is 13.8 Å². The summed E-state index contributed by atoms with van der Waals surface area (Å²) < 4.78 is 0. The van der Waals surface area contributed by atoms with Gasteiger partial charge in [0.05, 0.1) is 12.2 Å². The Morgan fingerprint density at radius 2 is 0.938 bits per heavy atom. The van der Waals surface area contributed by atoms with Gasteiger partial charge in [0.1, 0.15) is 0 Å². The van der Waals surface area contributed by atoms with Gasteiger partial charge < -0.3 is 10.2 Å². The summed E-state index contributed by atoms with van der Waals surface area (Å²) in [5.74, 6) is 0.852. The molecule has 0 bridgehead atoms. The van der Waals surface area contributed by atoms with E-state index in [1.54, 1.807) is 0 Å². The third-order valence-corrected chi connectivity index (χ3v) is 2.71. The van der Waals surface area contributed by atoms with E-state index in [4.69, 9.17) is 10.2 Å². The maximum absolute atomic E-state index is 9.13. The molecular formula is C14H32O2. The molecule has 2 atom stereocenters. The molecule has 0 aromatic heterocycles. The highest BCUT2D eigenvalue weighted by Crippen LogP contribution is 2.07. The van der Waals surface area contributed by atoms with Crippen molar-refractivity contribution < 1.29 is 10.2 Å². The first kappa shape index (κ1) is 18.3. The van der Waals surface area contributed by atoms with Crippen LogP contribution in [-0.4, -0.2) is 22.4 Å². The molecule has 0 spiro atoms. The van der Waals surface area contributed by atoms with Crippen molar-refractivity contribution >= 4 is 0 Å². The molecule has 0 aliphatic rings. The first-order chi connectivity index (χ1) is 7.36. The Hall–Kier alpha value is -0.0800. The van der Waals surface area contributed by atoms with Crippen LogP contribution in [0.3, 0.4) is 0 Å². The van der Waals surface area contributed by atoms with Crippen LogP contribution in [0.1, 0.15) is 67.2 Å². The fourth-order valence-corrected chi connectivity index (χ4v) is 1.26. The third-order valence-electron chi connectivity index (χ3n) is 2.71. The average molecular weight is 232 g/mol. The lowest BCUT2D eigenvalue weighted by atomic mass is 10.0. The van der Waals surface area contributed by atoms with Crippen molar-refractivity contribution in [1.29, 1.82) is 0 Å². The van der Waals surface area contributed by atoms with E-state index >= 15 is 0 Å². The van der Waals surface area contributed by atoms with Crippen molar-refractivity contribution in [2.75, 3.05) is 0 Å². The standard InChI is InChI=1S/2C7H16O/c2*1-4-5-7(8)6(2)3/h2*6-8H,4-5H2,1-3H3. The van der Waals surface area contributed by atoms with Crippen molar-refractivity contribution in [3.8, 4) is 0 Å². The lowest BCUT2D eigenvalue weighted by molar-refractivity contribution is 0.115. The summed E-state index contributed by atoms with van der Waals surface area (Å²) in [6, 6.07) is 0. The van der Waals surface area contributed by atoms with Gasteiger partial charge in [-0.05, 0) is 24.7 Å². The Morgan fingerprint density at radius 3 is 1.00 bits per heavy atom. The van der Waals surface area contributed by atoms with Crippen LogP contribution in [0.4, 0.5) is 0 Å². The first-order valence-electron chi connectivity index (χ1n) is 6.72. The van der Waals surface area contributed by atoms with Crippen LogP contribution >= 0.6 is 0 Å². The summed E-state index contributed by atoms with van der Waals surface area (Å²) in [5, 5.41) is 18.3. The van der Waals surface area contributed by atoms with Gasteiger partial charge in [-0.15, -0.1) is 0 Å². The van der Waals surface area contributed by atoms with Crippen LogP contribution < -0.4 is 0 Å². The maximum Gasteiger partial charge on any atom is 0.0563 e. The molecule has 0 saturated carbocycles. The topological polar surface area (TPSA) is 40.5 Å². The van der Waals surface area contributed by atoms with Gasteiger partial charge in [0.2, 0.25) is 0 Å². The molecule has 2 nitrogen and oxygen atoms in total. The maximum atomic E-state index is 9.13. The second-order valence-electron chi connectivity index (χ2n) is 5.20. The fourth-order valence-electron chi connectivity index (χ4n) is 1.26. The molecule has 2 heteroatoms. The van der Waals surface area contributed by atoms with Crippen molar-refractivity contribution in [1.82, 2.24) is 0 Å². The molecule has 0 radical (unpaired) electrons. The van der Waals surface area contributed by atoms with Gasteiger partial charge in [0.25, 0.3) is 0 Å². The van der Waals surface area contributed by atoms with E-state index in [-0.39, 0.29) is 12.2 Å². The average Bonchev–Trinajstić information content (AvgIpc) is 2.19. The molecule has 0 aliphatic carbocycles. The Kier molecular flexibility index (Phi) is 13.0. The Balaban J connectivity index is 0. The summed E-state index contributed by atoms with van der Waals surface area (Å²) in [6.45, 7) is 12.3. The minimum Gasteiger partial charge on any atom is -0.393 e. The molecule has 100 valence electrons. The minimum atomic E-state index is -0.0833. The van der Waals surface area contributed by atoms with Gasteiger partial charge in [0, 0.05) is 0 Å². The number of aliphatic hydroxyl groups is 2. The number of hydrogen-bond acceptors (Lipinski definition) is 2. The second-order valence-corrected chi connectivity index (χ2v) is 5.20. The van der Waals surface area contributed by atoms with Gasteiger partial charge in [-0.2, -0.15) is 0 Å². The van der Waals surface area contributed by atoms with Gasteiger partial charge in [0.15, 0.2) is 0 Å². The summed E-state index contributed by atoms with van der Waals surface area (Å²) in [7, 11) is 0. The van der Waals surface area contributed by atoms with Gasteiger partial charge >= 0.3 is 0 Å². The predicted molar refractivity (Wildman–Crippen MR) is 71.5 cm³/mol. The molecule has 2 unspecified atom stereocenters. The van der Waals surface area contributed by atoms with Crippen molar-refractivity contribution in [2.45, 2.75) is 79.4 Å². The zero-order chi connectivity index (χ0) is 13.1. The van der Waals surface area contributed by atoms with E-state index in [1.807, 2.05) is 27.7 Å². The largest absolute Gasteiger partial charge is 0.393 e. The van der Waals surface area contributed by atoms with Crippen molar-refractivity contribution in [2.24, 2.45) is 11.8 Å². The molecule has 0 aliphatic heterocycles. The van der Waals surface area contributed by atoms with E-state index in [0.717, 1.165) is 25.7 Å². The lowest BCUT2D eigenvalue weighted by Crippen LogP contribution is -2.13. The van der Waals surface area contributed by atoms with Crippen LogP contribution in [0.15, 0.2) is 0 Å². The molecule has 2 N–H and O–H groups in total. The third kappa shape index (κ3) is 12.0. The quantitative estimate of drug-likeness (QED) is 0.734. The molecule has 0 fully saturated rings. The van der Waals surface area contributed by atoms with Crippen molar-refractivity contribution in [3.63, 3.8) is 0 Å². The Bertz CT molecular complexity index is 117. The SMILES string of the molecule is CCCC(O)C(C)C.CCCC(O)C(C)C. The van der Waals surface area contributed by atoms with Gasteiger partial charge in [-0.25, -0.2) is 0 Å². The molecule has 16 heavy (non-hydrogen) atoms. The zero-order valence-corrected chi connectivity index (χ0v) is 12.0. The highest BCUT2D eigenvalue weighted by molar-refractivity contribution is 4.57.